The number of unbranched alkanes of at least 4 members (excludes halogenated alkanes) is 1. The van der Waals surface area contributed by atoms with Crippen LogP contribution in [0, 0.1) is 11.1 Å². The molecule has 3 rings (SSSR count). The smallest absolute Gasteiger partial charge is 0.531 e. The predicted octanol–water partition coefficient (Wildman–Crippen LogP) is 2.78. The molecule has 0 saturated carbocycles. The number of rotatable bonds is 7. The van der Waals surface area contributed by atoms with Crippen LogP contribution in [0.3, 0.4) is 0 Å². The van der Waals surface area contributed by atoms with Crippen LogP contribution in [0.2, 0.25) is 0 Å². The third-order valence-electron chi connectivity index (χ3n) is 4.83. The topological polar surface area (TPSA) is 114 Å². The van der Waals surface area contributed by atoms with Crippen molar-refractivity contribution in [3.63, 3.8) is 0 Å². The number of hydrazine groups is 4. The summed E-state index contributed by atoms with van der Waals surface area (Å²) in [5, 5.41) is 14.9. The lowest BCUT2D eigenvalue weighted by atomic mass is 9.94. The van der Waals surface area contributed by atoms with E-state index in [0.717, 1.165) is 29.8 Å². The fourth-order valence-corrected chi connectivity index (χ4v) is 3.25. The van der Waals surface area contributed by atoms with Crippen LogP contribution in [0.4, 0.5) is 4.79 Å². The largest absolute Gasteiger partial charge is 0.690 e. The molecule has 2 aliphatic rings. The number of amides is 1. The van der Waals surface area contributed by atoms with Crippen molar-refractivity contribution in [2.75, 3.05) is 0 Å². The van der Waals surface area contributed by atoms with Crippen molar-refractivity contribution in [1.29, 1.82) is 0 Å². The van der Waals surface area contributed by atoms with Gasteiger partial charge < -0.3 is 14.8 Å². The van der Waals surface area contributed by atoms with Crippen molar-refractivity contribution in [1.82, 2.24) is 15.5 Å². The number of nitrogens with zero attached hydrogens (tertiary/aromatic N) is 4. The molecule has 0 bridgehead atoms. The van der Waals surface area contributed by atoms with E-state index in [1.807, 2.05) is 49.4 Å². The van der Waals surface area contributed by atoms with Gasteiger partial charge in [-0.1, -0.05) is 55.8 Å². The third kappa shape index (κ3) is 4.89. The fraction of sp³-hybridized carbons (Fsp3) is 0.450. The Bertz CT molecular complexity index is 813. The summed E-state index contributed by atoms with van der Waals surface area (Å²) >= 11 is 0. The van der Waals surface area contributed by atoms with E-state index >= 15 is 0 Å². The van der Waals surface area contributed by atoms with Gasteiger partial charge in [-0.3, -0.25) is 4.79 Å². The Morgan fingerprint density at radius 2 is 2.07 bits per heavy atom. The molecule has 0 saturated heterocycles. The van der Waals surface area contributed by atoms with Gasteiger partial charge in [0.2, 0.25) is 0 Å². The van der Waals surface area contributed by atoms with E-state index < -0.39 is 12.1 Å². The van der Waals surface area contributed by atoms with E-state index in [0.29, 0.717) is 28.2 Å². The van der Waals surface area contributed by atoms with E-state index in [1.165, 1.54) is 0 Å². The highest BCUT2D eigenvalue weighted by atomic mass is 16.8. The van der Waals surface area contributed by atoms with Crippen molar-refractivity contribution in [3.8, 4) is 0 Å². The highest BCUT2D eigenvalue weighted by Crippen LogP contribution is 2.26. The number of hydrogen-bond donors (Lipinski definition) is 1. The average molecular weight is 417 g/mol. The second-order valence-corrected chi connectivity index (χ2v) is 7.09. The minimum atomic E-state index is -0.870. The number of carbonyl (C=O) groups excluding carboxylic acids is 2. The lowest BCUT2D eigenvalue weighted by molar-refractivity contribution is -0.699. The van der Waals surface area contributed by atoms with Crippen LogP contribution in [-0.2, 0) is 21.0 Å². The maximum absolute atomic E-state index is 12.9. The normalized spacial score (nSPS) is 19.3. The summed E-state index contributed by atoms with van der Waals surface area (Å²) in [6.45, 7) is 1.93. The maximum atomic E-state index is 12.9. The molecule has 1 aliphatic heterocycles. The van der Waals surface area contributed by atoms with E-state index in [4.69, 9.17) is 15.4 Å². The molecule has 1 atom stereocenters. The van der Waals surface area contributed by atoms with Crippen LogP contribution >= 0.6 is 0 Å². The van der Waals surface area contributed by atoms with Gasteiger partial charge in [-0.25, -0.2) is 0 Å². The molecule has 0 radical (unpaired) electrons. The van der Waals surface area contributed by atoms with Crippen LogP contribution in [-0.4, -0.2) is 38.3 Å². The fourth-order valence-electron chi connectivity index (χ4n) is 3.25. The number of hydrogen-bond acceptors (Lipinski definition) is 8. The molecule has 0 spiro atoms. The third-order valence-corrected chi connectivity index (χ3v) is 4.83. The molecule has 162 valence electrons. The summed E-state index contributed by atoms with van der Waals surface area (Å²) in [6, 6.07) is 9.12. The molecule has 2 N–H and O–H groups in total. The second-order valence-electron chi connectivity index (χ2n) is 7.09. The molecule has 1 aromatic carbocycles. The highest BCUT2D eigenvalue weighted by molar-refractivity contribution is 5.94. The summed E-state index contributed by atoms with van der Waals surface area (Å²) < 4.78 is 5.38. The first-order valence-electron chi connectivity index (χ1n) is 10.1. The highest BCUT2D eigenvalue weighted by Gasteiger charge is 2.53. The van der Waals surface area contributed by atoms with E-state index in [2.05, 4.69) is 0 Å². The van der Waals surface area contributed by atoms with Gasteiger partial charge in [-0.05, 0) is 41.5 Å². The van der Waals surface area contributed by atoms with Gasteiger partial charge in [0.15, 0.2) is 5.28 Å². The summed E-state index contributed by atoms with van der Waals surface area (Å²) in [4.78, 5) is 30.7. The molecular formula is C20H27N5O5. The van der Waals surface area contributed by atoms with Crippen LogP contribution in [0.5, 0.6) is 0 Å². The number of nitrogens with two attached hydrogens (primary N) is 1. The molecule has 0 aromatic heterocycles. The van der Waals surface area contributed by atoms with Crippen molar-refractivity contribution in [3.05, 3.63) is 53.3 Å². The van der Waals surface area contributed by atoms with Crippen molar-refractivity contribution in [2.45, 2.75) is 52.1 Å². The number of carbonyl (C=O) groups is 2. The Kier molecular flexibility index (Phi) is 7.26. The second kappa shape index (κ2) is 10.1. The maximum Gasteiger partial charge on any atom is 0.531 e. The Morgan fingerprint density at radius 3 is 2.73 bits per heavy atom. The average Bonchev–Trinajstić information content (AvgIpc) is 3.02. The first kappa shape index (κ1) is 21.6. The molecule has 10 nitrogen and oxygen atoms in total. The van der Waals surface area contributed by atoms with Crippen LogP contribution in [0.25, 0.3) is 0 Å². The minimum Gasteiger partial charge on any atom is -0.690 e. The van der Waals surface area contributed by atoms with Gasteiger partial charge in [-0.2, -0.15) is 10.6 Å². The molecule has 1 amide bonds. The van der Waals surface area contributed by atoms with Crippen LogP contribution in [0.15, 0.2) is 42.5 Å². The standard InChI is InChI=1S/C20H27N5O5/c1-2-3-14-18(26)30-25-22(20(27)29-15-16-10-6-4-7-11-16)19(23(28)24(25)21)17-12-8-5-9-13-17/h4,6-8,10-12,17H,2-3,5,9,13-15,21H2,1H3. The van der Waals surface area contributed by atoms with Crippen LogP contribution < -0.4 is 5.84 Å². The summed E-state index contributed by atoms with van der Waals surface area (Å²) in [7, 11) is 0. The van der Waals surface area contributed by atoms with Crippen LogP contribution in [0.1, 0.15) is 51.0 Å². The quantitative estimate of drug-likeness (QED) is 0.312. The number of benzene rings is 1. The Hall–Kier alpha value is -3.11. The van der Waals surface area contributed by atoms with Gasteiger partial charge in [0.1, 0.15) is 6.61 Å². The van der Waals surface area contributed by atoms with Gasteiger partial charge in [-0.15, -0.1) is 4.85 Å². The lowest BCUT2D eigenvalue weighted by Crippen LogP contribution is -2.55. The Morgan fingerprint density at radius 1 is 1.30 bits per heavy atom. The first-order chi connectivity index (χ1) is 14.5. The number of ether oxygens (including phenoxy) is 1. The molecular weight excluding hydrogens is 390 g/mol. The Balaban J connectivity index is 1.82. The molecule has 1 aliphatic carbocycles. The SMILES string of the molecule is CCCCC(=O)ON1N(C(=O)OCc2ccccc2)C(C2C=CCCC2)=[N+]([O-])N1N. The zero-order valence-corrected chi connectivity index (χ0v) is 17.0. The van der Waals surface area contributed by atoms with Crippen molar-refractivity contribution < 1.29 is 24.0 Å². The Labute approximate surface area is 175 Å². The summed E-state index contributed by atoms with van der Waals surface area (Å²) in [5.74, 6) is 4.88. The predicted molar refractivity (Wildman–Crippen MR) is 107 cm³/mol. The number of amidine groups is 1. The van der Waals surface area contributed by atoms with Gasteiger partial charge in [0.05, 0.1) is 5.92 Å². The van der Waals surface area contributed by atoms with Gasteiger partial charge in [0.25, 0.3) is 0 Å². The first-order valence-corrected chi connectivity index (χ1v) is 10.1. The molecule has 10 heteroatoms. The van der Waals surface area contributed by atoms with E-state index in [1.54, 1.807) is 0 Å². The monoisotopic (exact) mass is 417 g/mol. The minimum absolute atomic E-state index is 0.00892. The van der Waals surface area contributed by atoms with Crippen molar-refractivity contribution >= 4 is 17.9 Å². The molecule has 30 heavy (non-hydrogen) atoms. The molecule has 0 fully saturated rings. The summed E-state index contributed by atoms with van der Waals surface area (Å²) in [6.07, 6.45) is 6.85. The zero-order chi connectivity index (χ0) is 21.5. The lowest BCUT2D eigenvalue weighted by Gasteiger charge is -2.22. The zero-order valence-electron chi connectivity index (χ0n) is 17.0. The molecule has 1 unspecified atom stereocenters. The number of hydrazone groups is 1. The van der Waals surface area contributed by atoms with E-state index in [9.17, 15) is 14.8 Å². The van der Waals surface area contributed by atoms with Gasteiger partial charge in [0, 0.05) is 6.42 Å². The van der Waals surface area contributed by atoms with Gasteiger partial charge >= 0.3 is 17.9 Å². The number of allylic oxidation sites excluding steroid dienone is 1. The van der Waals surface area contributed by atoms with E-state index in [-0.39, 0.29) is 24.8 Å². The molecule has 1 heterocycles. The summed E-state index contributed by atoms with van der Waals surface area (Å²) in [5.41, 5.74) is 0.777. The van der Waals surface area contributed by atoms with Crippen molar-refractivity contribution in [2.24, 2.45) is 11.8 Å². The molecule has 1 aromatic rings.